The van der Waals surface area contributed by atoms with Crippen LogP contribution in [0.15, 0.2) is 47.5 Å². The van der Waals surface area contributed by atoms with Crippen LogP contribution >= 0.6 is 11.6 Å². The van der Waals surface area contributed by atoms with Crippen LogP contribution in [0.3, 0.4) is 0 Å². The van der Waals surface area contributed by atoms with E-state index >= 15 is 0 Å². The summed E-state index contributed by atoms with van der Waals surface area (Å²) in [5.41, 5.74) is 0.0253. The number of benzene rings is 1. The molecule has 0 aliphatic rings. The van der Waals surface area contributed by atoms with Crippen molar-refractivity contribution >= 4 is 17.5 Å². The van der Waals surface area contributed by atoms with Crippen molar-refractivity contribution in [2.45, 2.75) is 40.0 Å². The zero-order valence-electron chi connectivity index (χ0n) is 17.4. The van der Waals surface area contributed by atoms with Gasteiger partial charge in [-0.25, -0.2) is 4.98 Å². The van der Waals surface area contributed by atoms with Crippen molar-refractivity contribution in [3.8, 4) is 11.5 Å². The highest BCUT2D eigenvalue weighted by atomic mass is 35.5. The van der Waals surface area contributed by atoms with Gasteiger partial charge in [-0.05, 0) is 17.5 Å². The maximum Gasteiger partial charge on any atom is 0.273 e. The lowest BCUT2D eigenvalue weighted by Crippen LogP contribution is -2.46. The normalized spacial score (nSPS) is 12.4. The first-order valence-corrected chi connectivity index (χ1v) is 9.82. The van der Waals surface area contributed by atoms with Crippen molar-refractivity contribution in [2.24, 2.45) is 5.41 Å². The molecule has 2 heterocycles. The highest BCUT2D eigenvalue weighted by Gasteiger charge is 2.28. The van der Waals surface area contributed by atoms with E-state index in [9.17, 15) is 4.79 Å². The molecule has 0 saturated heterocycles. The second-order valence-electron chi connectivity index (χ2n) is 7.91. The molecule has 0 unspecified atom stereocenters. The number of carbonyl (C=O) groups excluding carboxylic acids is 1. The summed E-state index contributed by atoms with van der Waals surface area (Å²) < 4.78 is 18.1. The first-order valence-electron chi connectivity index (χ1n) is 9.45. The van der Waals surface area contributed by atoms with Crippen LogP contribution < -0.4 is 14.8 Å². The molecule has 3 rings (SSSR count). The van der Waals surface area contributed by atoms with E-state index in [1.165, 1.54) is 7.11 Å². The molecule has 30 heavy (non-hydrogen) atoms. The Kier molecular flexibility index (Phi) is 6.66. The Labute approximate surface area is 180 Å². The molecular formula is C21H25ClN4O4. The second-order valence-corrected chi connectivity index (χ2v) is 8.35. The van der Waals surface area contributed by atoms with Crippen molar-refractivity contribution in [3.05, 3.63) is 59.5 Å². The van der Waals surface area contributed by atoms with Crippen LogP contribution in [0.2, 0.25) is 5.02 Å². The first kappa shape index (κ1) is 21.7. The molecule has 8 nitrogen and oxygen atoms in total. The molecule has 1 amide bonds. The predicted octanol–water partition coefficient (Wildman–Crippen LogP) is 3.96. The third-order valence-corrected chi connectivity index (χ3v) is 4.83. The van der Waals surface area contributed by atoms with Crippen LogP contribution in [-0.4, -0.2) is 33.8 Å². The number of nitrogens with zero attached hydrogens (tertiary/aromatic N) is 3. The van der Waals surface area contributed by atoms with Crippen LogP contribution in [0.25, 0.3) is 0 Å². The number of amides is 1. The number of ether oxygens (including phenoxy) is 2. The van der Waals surface area contributed by atoms with Crippen molar-refractivity contribution < 1.29 is 18.8 Å². The molecular weight excluding hydrogens is 408 g/mol. The monoisotopic (exact) mass is 432 g/mol. The molecule has 160 valence electrons. The Balaban J connectivity index is 1.63. The Hall–Kier alpha value is -3.00. The van der Waals surface area contributed by atoms with Crippen molar-refractivity contribution in [3.63, 3.8) is 0 Å². The van der Waals surface area contributed by atoms with E-state index in [-0.39, 0.29) is 29.7 Å². The number of imidazole rings is 1. The SMILES string of the molecule is COc1cc(Cl)ccc1OCc1cc(C(=O)N[C@H](Cn2ccnc2)C(C)(C)C)no1. The minimum Gasteiger partial charge on any atom is -0.493 e. The summed E-state index contributed by atoms with van der Waals surface area (Å²) in [6, 6.07) is 6.49. The van der Waals surface area contributed by atoms with Gasteiger partial charge in [-0.1, -0.05) is 37.5 Å². The van der Waals surface area contributed by atoms with Gasteiger partial charge >= 0.3 is 0 Å². The summed E-state index contributed by atoms with van der Waals surface area (Å²) in [7, 11) is 1.53. The summed E-state index contributed by atoms with van der Waals surface area (Å²) in [5, 5.41) is 7.46. The summed E-state index contributed by atoms with van der Waals surface area (Å²) >= 11 is 5.96. The molecule has 0 aliphatic carbocycles. The van der Waals surface area contributed by atoms with E-state index in [4.69, 9.17) is 25.6 Å². The van der Waals surface area contributed by atoms with E-state index in [0.717, 1.165) is 0 Å². The minimum absolute atomic E-state index is 0.0933. The van der Waals surface area contributed by atoms with Crippen molar-refractivity contribution in [1.29, 1.82) is 0 Å². The topological polar surface area (TPSA) is 91.4 Å². The molecule has 1 aromatic carbocycles. The average Bonchev–Trinajstić information content (AvgIpc) is 3.37. The summed E-state index contributed by atoms with van der Waals surface area (Å²) in [6.45, 7) is 6.89. The van der Waals surface area contributed by atoms with Crippen LogP contribution in [0, 0.1) is 5.41 Å². The lowest BCUT2D eigenvalue weighted by Gasteiger charge is -2.31. The molecule has 0 spiro atoms. The lowest BCUT2D eigenvalue weighted by molar-refractivity contribution is 0.0883. The first-order chi connectivity index (χ1) is 14.3. The standard InChI is InChI=1S/C21H25ClN4O4/c1-21(2,3)19(11-26-8-7-23-13-26)24-20(27)16-10-15(30-25-16)12-29-17-6-5-14(22)9-18(17)28-4/h5-10,13,19H,11-12H2,1-4H3,(H,24,27)/t19-/m1/s1. The van der Waals surface area contributed by atoms with Gasteiger partial charge in [0.05, 0.1) is 19.5 Å². The summed E-state index contributed by atoms with van der Waals surface area (Å²) in [5.74, 6) is 1.12. The molecule has 0 radical (unpaired) electrons. The molecule has 0 saturated carbocycles. The third kappa shape index (κ3) is 5.54. The molecule has 9 heteroatoms. The number of methoxy groups -OCH3 is 1. The van der Waals surface area contributed by atoms with E-state index in [1.807, 2.05) is 10.8 Å². The van der Waals surface area contributed by atoms with Crippen LogP contribution in [-0.2, 0) is 13.2 Å². The fraction of sp³-hybridized carbons (Fsp3) is 0.381. The van der Waals surface area contributed by atoms with Gasteiger partial charge in [0.15, 0.2) is 23.0 Å². The number of aromatic nitrogens is 3. The van der Waals surface area contributed by atoms with E-state index in [2.05, 4.69) is 36.2 Å². The fourth-order valence-electron chi connectivity index (χ4n) is 2.77. The highest BCUT2D eigenvalue weighted by Crippen LogP contribution is 2.30. The highest BCUT2D eigenvalue weighted by molar-refractivity contribution is 6.30. The number of rotatable bonds is 8. The molecule has 0 fully saturated rings. The number of halogens is 1. The number of hydrogen-bond acceptors (Lipinski definition) is 6. The van der Waals surface area contributed by atoms with Gasteiger partial charge < -0.3 is 23.9 Å². The molecule has 0 bridgehead atoms. The number of hydrogen-bond donors (Lipinski definition) is 1. The van der Waals surface area contributed by atoms with Gasteiger partial charge in [-0.15, -0.1) is 0 Å². The van der Waals surface area contributed by atoms with Crippen molar-refractivity contribution in [1.82, 2.24) is 20.0 Å². The van der Waals surface area contributed by atoms with Crippen LogP contribution in [0.1, 0.15) is 37.0 Å². The maximum absolute atomic E-state index is 12.7. The fourth-order valence-corrected chi connectivity index (χ4v) is 2.93. The van der Waals surface area contributed by atoms with Crippen LogP contribution in [0.4, 0.5) is 0 Å². The average molecular weight is 433 g/mol. The van der Waals surface area contributed by atoms with Gasteiger partial charge in [0.1, 0.15) is 6.61 Å². The maximum atomic E-state index is 12.7. The van der Waals surface area contributed by atoms with E-state index in [0.29, 0.717) is 28.8 Å². The smallest absolute Gasteiger partial charge is 0.273 e. The molecule has 1 N–H and O–H groups in total. The number of nitrogens with one attached hydrogen (secondary N) is 1. The van der Waals surface area contributed by atoms with Crippen molar-refractivity contribution in [2.75, 3.05) is 7.11 Å². The Morgan fingerprint density at radius 2 is 2.10 bits per heavy atom. The van der Waals surface area contributed by atoms with Gasteiger partial charge in [-0.3, -0.25) is 4.79 Å². The Morgan fingerprint density at radius 3 is 2.77 bits per heavy atom. The van der Waals surface area contributed by atoms with E-state index in [1.54, 1.807) is 36.8 Å². The molecule has 2 aromatic heterocycles. The predicted molar refractivity (Wildman–Crippen MR) is 112 cm³/mol. The largest absolute Gasteiger partial charge is 0.493 e. The minimum atomic E-state index is -0.311. The molecule has 0 aliphatic heterocycles. The lowest BCUT2D eigenvalue weighted by atomic mass is 9.86. The summed E-state index contributed by atoms with van der Waals surface area (Å²) in [4.78, 5) is 16.8. The zero-order valence-corrected chi connectivity index (χ0v) is 18.1. The van der Waals surface area contributed by atoms with E-state index < -0.39 is 0 Å². The zero-order chi connectivity index (χ0) is 21.7. The van der Waals surface area contributed by atoms with Gasteiger partial charge in [0, 0.05) is 36.1 Å². The third-order valence-electron chi connectivity index (χ3n) is 4.59. The van der Waals surface area contributed by atoms with Gasteiger partial charge in [0.2, 0.25) is 0 Å². The quantitative estimate of drug-likeness (QED) is 0.579. The van der Waals surface area contributed by atoms with Crippen LogP contribution in [0.5, 0.6) is 11.5 Å². The second kappa shape index (κ2) is 9.21. The Bertz CT molecular complexity index is 979. The molecule has 3 aromatic rings. The Morgan fingerprint density at radius 1 is 1.30 bits per heavy atom. The van der Waals surface area contributed by atoms with Gasteiger partial charge in [-0.2, -0.15) is 0 Å². The molecule has 1 atom stereocenters. The van der Waals surface area contributed by atoms with Gasteiger partial charge in [0.25, 0.3) is 5.91 Å². The summed E-state index contributed by atoms with van der Waals surface area (Å²) in [6.07, 6.45) is 5.30. The number of carbonyl (C=O) groups is 1.